The lowest BCUT2D eigenvalue weighted by Crippen LogP contribution is -2.62. The zero-order valence-corrected chi connectivity index (χ0v) is 20.9. The van der Waals surface area contributed by atoms with Gasteiger partial charge in [0, 0.05) is 13.5 Å². The van der Waals surface area contributed by atoms with Gasteiger partial charge in [0.1, 0.15) is 18.2 Å². The standard InChI is InChI=1S/C26H37N5O4/c1-16(27-3)24(33)29-21-12-7-15-30(17(2)32)23-14-13-22(31(23)26(21)35)25(34)28-20-11-6-9-18-8-4-5-10-19(18)20/h4-5,8,10,16,20-23,27H,6-7,9,11-15H2,1-3H3,(H,28,34)(H,29,33)/t16-,20?,21?,22+,23?/m0/s1. The molecule has 4 rings (SSSR count). The minimum Gasteiger partial charge on any atom is -0.347 e. The van der Waals surface area contributed by atoms with Gasteiger partial charge >= 0.3 is 0 Å². The molecule has 1 aromatic carbocycles. The van der Waals surface area contributed by atoms with Gasteiger partial charge in [0.05, 0.1) is 12.1 Å². The van der Waals surface area contributed by atoms with Gasteiger partial charge in [0.15, 0.2) is 0 Å². The van der Waals surface area contributed by atoms with Crippen molar-refractivity contribution in [1.29, 1.82) is 0 Å². The van der Waals surface area contributed by atoms with Crippen LogP contribution in [-0.4, -0.2) is 71.3 Å². The molecule has 0 saturated carbocycles. The van der Waals surface area contributed by atoms with Crippen LogP contribution in [0, 0.1) is 0 Å². The Labute approximate surface area is 207 Å². The lowest BCUT2D eigenvalue weighted by atomic mass is 9.87. The molecule has 0 bridgehead atoms. The molecule has 3 N–H and O–H groups in total. The number of rotatable bonds is 5. The summed E-state index contributed by atoms with van der Waals surface area (Å²) in [6.45, 7) is 3.73. The third-order valence-electron chi connectivity index (χ3n) is 7.70. The average Bonchev–Trinajstić information content (AvgIpc) is 3.28. The van der Waals surface area contributed by atoms with Crippen LogP contribution in [0.4, 0.5) is 0 Å². The summed E-state index contributed by atoms with van der Waals surface area (Å²) >= 11 is 0. The molecule has 1 aromatic rings. The zero-order valence-electron chi connectivity index (χ0n) is 20.9. The Morgan fingerprint density at radius 3 is 2.49 bits per heavy atom. The maximum absolute atomic E-state index is 13.8. The highest BCUT2D eigenvalue weighted by molar-refractivity contribution is 5.94. The van der Waals surface area contributed by atoms with E-state index >= 15 is 0 Å². The lowest BCUT2D eigenvalue weighted by molar-refractivity contribution is -0.153. The van der Waals surface area contributed by atoms with Gasteiger partial charge < -0.3 is 25.8 Å². The molecule has 4 amide bonds. The van der Waals surface area contributed by atoms with E-state index in [1.807, 2.05) is 12.1 Å². The van der Waals surface area contributed by atoms with Gasteiger partial charge in [-0.05, 0) is 70.0 Å². The van der Waals surface area contributed by atoms with Crippen LogP contribution < -0.4 is 16.0 Å². The number of fused-ring (bicyclic) bond motifs is 2. The molecule has 0 radical (unpaired) electrons. The molecule has 9 heteroatoms. The van der Waals surface area contributed by atoms with E-state index in [0.29, 0.717) is 32.2 Å². The van der Waals surface area contributed by atoms with Crippen molar-refractivity contribution in [2.45, 2.75) is 89.1 Å². The highest BCUT2D eigenvalue weighted by Crippen LogP contribution is 2.33. The van der Waals surface area contributed by atoms with Crippen molar-refractivity contribution < 1.29 is 19.2 Å². The van der Waals surface area contributed by atoms with Gasteiger partial charge in [-0.15, -0.1) is 0 Å². The smallest absolute Gasteiger partial charge is 0.247 e. The van der Waals surface area contributed by atoms with Crippen LogP contribution in [0.15, 0.2) is 24.3 Å². The third kappa shape index (κ3) is 5.19. The van der Waals surface area contributed by atoms with Crippen molar-refractivity contribution in [3.05, 3.63) is 35.4 Å². The number of carbonyl (C=O) groups is 4. The van der Waals surface area contributed by atoms with Crippen molar-refractivity contribution in [2.24, 2.45) is 0 Å². The highest BCUT2D eigenvalue weighted by atomic mass is 16.2. The van der Waals surface area contributed by atoms with Gasteiger partial charge in [-0.2, -0.15) is 0 Å². The van der Waals surface area contributed by atoms with Gasteiger partial charge in [-0.3, -0.25) is 19.2 Å². The van der Waals surface area contributed by atoms with Gasteiger partial charge in [0.25, 0.3) is 0 Å². The highest BCUT2D eigenvalue weighted by Gasteiger charge is 2.47. The SMILES string of the molecule is CN[C@@H](C)C(=O)NC1CCCN(C(C)=O)C2CC[C@H](C(=O)NC3CCCc4ccccc43)N2C1=O. The molecule has 190 valence electrons. The maximum Gasteiger partial charge on any atom is 0.247 e. The van der Waals surface area contributed by atoms with Crippen molar-refractivity contribution in [2.75, 3.05) is 13.6 Å². The van der Waals surface area contributed by atoms with E-state index in [1.165, 1.54) is 12.5 Å². The molecule has 2 saturated heterocycles. The topological polar surface area (TPSA) is 111 Å². The number of aryl methyl sites for hydroxylation is 1. The summed E-state index contributed by atoms with van der Waals surface area (Å²) in [5.74, 6) is -0.855. The molecule has 0 spiro atoms. The first kappa shape index (κ1) is 25.2. The lowest BCUT2D eigenvalue weighted by Gasteiger charge is -2.41. The third-order valence-corrected chi connectivity index (χ3v) is 7.70. The van der Waals surface area contributed by atoms with Crippen LogP contribution >= 0.6 is 0 Å². The summed E-state index contributed by atoms with van der Waals surface area (Å²) in [4.78, 5) is 55.6. The number of hydrogen-bond acceptors (Lipinski definition) is 5. The van der Waals surface area contributed by atoms with Crippen molar-refractivity contribution in [3.8, 4) is 0 Å². The number of carbonyl (C=O) groups excluding carboxylic acids is 4. The predicted molar refractivity (Wildman–Crippen MR) is 131 cm³/mol. The minimum atomic E-state index is -0.723. The van der Waals surface area contributed by atoms with Crippen LogP contribution in [0.3, 0.4) is 0 Å². The van der Waals surface area contributed by atoms with Crippen molar-refractivity contribution in [1.82, 2.24) is 25.8 Å². The monoisotopic (exact) mass is 483 g/mol. The fourth-order valence-corrected chi connectivity index (χ4v) is 5.68. The van der Waals surface area contributed by atoms with Crippen LogP contribution in [0.5, 0.6) is 0 Å². The van der Waals surface area contributed by atoms with E-state index in [-0.39, 0.29) is 29.7 Å². The molecule has 3 aliphatic rings. The Morgan fingerprint density at radius 2 is 1.74 bits per heavy atom. The van der Waals surface area contributed by atoms with Gasteiger partial charge in [-0.25, -0.2) is 0 Å². The van der Waals surface area contributed by atoms with Crippen LogP contribution in [-0.2, 0) is 25.6 Å². The Bertz CT molecular complexity index is 982. The second-order valence-electron chi connectivity index (χ2n) is 9.90. The van der Waals surface area contributed by atoms with Crippen LogP contribution in [0.2, 0.25) is 0 Å². The second-order valence-corrected chi connectivity index (χ2v) is 9.90. The number of nitrogens with one attached hydrogen (secondary N) is 3. The molecular weight excluding hydrogens is 446 g/mol. The summed E-state index contributed by atoms with van der Waals surface area (Å²) < 4.78 is 0. The van der Waals surface area contributed by atoms with E-state index in [2.05, 4.69) is 28.1 Å². The molecule has 2 aliphatic heterocycles. The largest absolute Gasteiger partial charge is 0.347 e. The summed E-state index contributed by atoms with van der Waals surface area (Å²) in [6.07, 6.45) is 4.41. The number of nitrogens with zero attached hydrogens (tertiary/aromatic N) is 2. The molecular formula is C26H37N5O4. The Kier molecular flexibility index (Phi) is 7.74. The molecule has 35 heavy (non-hydrogen) atoms. The zero-order chi connectivity index (χ0) is 25.1. The molecule has 5 atom stereocenters. The minimum absolute atomic E-state index is 0.0905. The molecule has 2 fully saturated rings. The fourth-order valence-electron chi connectivity index (χ4n) is 5.68. The normalized spacial score (nSPS) is 27.2. The summed E-state index contributed by atoms with van der Waals surface area (Å²) in [5, 5.41) is 8.96. The fraction of sp³-hybridized carbons (Fsp3) is 0.615. The summed E-state index contributed by atoms with van der Waals surface area (Å²) in [5.41, 5.74) is 2.39. The first-order valence-electron chi connectivity index (χ1n) is 12.8. The number of likely N-dealkylation sites (N-methyl/N-ethyl adjacent to an activating group) is 1. The van der Waals surface area contributed by atoms with Crippen LogP contribution in [0.25, 0.3) is 0 Å². The molecule has 0 aromatic heterocycles. The molecule has 9 nitrogen and oxygen atoms in total. The molecule has 2 heterocycles. The Balaban J connectivity index is 1.57. The van der Waals surface area contributed by atoms with Gasteiger partial charge in [0.2, 0.25) is 23.6 Å². The summed E-state index contributed by atoms with van der Waals surface area (Å²) in [6, 6.07) is 6.23. The quantitative estimate of drug-likeness (QED) is 0.584. The number of amides is 4. The number of hydrogen-bond donors (Lipinski definition) is 3. The van der Waals surface area contributed by atoms with E-state index in [4.69, 9.17) is 0 Å². The molecule has 3 unspecified atom stereocenters. The van der Waals surface area contributed by atoms with Gasteiger partial charge in [-0.1, -0.05) is 24.3 Å². The number of benzene rings is 1. The first-order chi connectivity index (χ1) is 16.8. The maximum atomic E-state index is 13.8. The predicted octanol–water partition coefficient (Wildman–Crippen LogP) is 1.23. The van der Waals surface area contributed by atoms with Crippen molar-refractivity contribution in [3.63, 3.8) is 0 Å². The van der Waals surface area contributed by atoms with E-state index in [1.54, 1.807) is 23.8 Å². The average molecular weight is 484 g/mol. The Hall–Kier alpha value is -2.94. The first-order valence-corrected chi connectivity index (χ1v) is 12.8. The van der Waals surface area contributed by atoms with E-state index in [0.717, 1.165) is 24.8 Å². The van der Waals surface area contributed by atoms with E-state index < -0.39 is 24.3 Å². The van der Waals surface area contributed by atoms with Crippen LogP contribution in [0.1, 0.15) is 69.5 Å². The summed E-state index contributed by atoms with van der Waals surface area (Å²) in [7, 11) is 1.69. The molecule has 1 aliphatic carbocycles. The van der Waals surface area contributed by atoms with E-state index in [9.17, 15) is 19.2 Å². The Morgan fingerprint density at radius 1 is 1.00 bits per heavy atom. The second kappa shape index (κ2) is 10.8. The van der Waals surface area contributed by atoms with Crippen molar-refractivity contribution >= 4 is 23.6 Å².